The molecule has 0 fully saturated rings. The zero-order chi connectivity index (χ0) is 10.3. The molecular weight excluding hydrogens is 260 g/mol. The van der Waals surface area contributed by atoms with Crippen LogP contribution < -0.4 is 0 Å². The van der Waals surface area contributed by atoms with Gasteiger partial charge in [0.2, 0.25) is 0 Å². The van der Waals surface area contributed by atoms with E-state index in [1.807, 2.05) is 26.0 Å². The molecule has 0 aliphatic carbocycles. The number of thioether (sulfide) groups is 1. The number of rotatable bonds is 0. The average Bonchev–Trinajstić information content (AvgIpc) is 2.07. The minimum atomic E-state index is -0.224. The minimum Gasteiger partial charge on any atom is -0.286 e. The minimum absolute atomic E-state index is 0.224. The van der Waals surface area contributed by atoms with Gasteiger partial charge in [-0.3, -0.25) is 4.79 Å². The van der Waals surface area contributed by atoms with Crippen molar-refractivity contribution in [2.45, 2.75) is 25.2 Å². The molecule has 0 unspecified atom stereocenters. The fraction of sp³-hybridized carbons (Fsp3) is 0.364. The summed E-state index contributed by atoms with van der Waals surface area (Å²) in [6.45, 7) is 4.01. The largest absolute Gasteiger partial charge is 0.286 e. The number of hydrogen-bond acceptors (Lipinski definition) is 2. The Morgan fingerprint density at radius 1 is 1.43 bits per heavy atom. The highest BCUT2D eigenvalue weighted by Crippen LogP contribution is 2.41. The molecule has 0 aromatic heterocycles. The molecule has 3 heteroatoms. The zero-order valence-corrected chi connectivity index (χ0v) is 10.5. The van der Waals surface area contributed by atoms with Gasteiger partial charge in [-0.05, 0) is 30.2 Å². The van der Waals surface area contributed by atoms with Gasteiger partial charge in [0.1, 0.15) is 0 Å². The van der Waals surface area contributed by atoms with Crippen molar-refractivity contribution >= 4 is 32.8 Å². The maximum atomic E-state index is 11.7. The van der Waals surface area contributed by atoms with E-state index >= 15 is 0 Å². The van der Waals surface area contributed by atoms with Crippen molar-refractivity contribution in [1.82, 2.24) is 0 Å². The van der Waals surface area contributed by atoms with Gasteiger partial charge >= 0.3 is 0 Å². The number of benzene rings is 1. The summed E-state index contributed by atoms with van der Waals surface area (Å²) in [5.41, 5.74) is 1.05. The van der Waals surface area contributed by atoms with Crippen molar-refractivity contribution in [3.8, 4) is 0 Å². The van der Waals surface area contributed by atoms with Crippen LogP contribution in [-0.2, 0) is 11.2 Å². The molecule has 0 amide bonds. The summed E-state index contributed by atoms with van der Waals surface area (Å²) in [4.78, 5) is 12.8. The Bertz CT molecular complexity index is 398. The number of fused-ring (bicyclic) bond motifs is 1. The monoisotopic (exact) mass is 270 g/mol. The molecule has 0 saturated heterocycles. The van der Waals surface area contributed by atoms with E-state index in [2.05, 4.69) is 22.0 Å². The molecule has 2 rings (SSSR count). The van der Waals surface area contributed by atoms with E-state index in [1.165, 1.54) is 17.3 Å². The molecule has 1 aliphatic rings. The summed E-state index contributed by atoms with van der Waals surface area (Å²) in [6, 6.07) is 6.10. The van der Waals surface area contributed by atoms with Gasteiger partial charge in [0, 0.05) is 14.8 Å². The molecule has 1 nitrogen and oxygen atoms in total. The summed E-state index contributed by atoms with van der Waals surface area (Å²) >= 11 is 4.82. The van der Waals surface area contributed by atoms with Crippen LogP contribution in [0.3, 0.4) is 0 Å². The third-order valence-corrected chi connectivity index (χ3v) is 4.26. The molecule has 1 aliphatic heterocycles. The van der Waals surface area contributed by atoms with E-state index in [9.17, 15) is 4.79 Å². The maximum absolute atomic E-state index is 11.7. The van der Waals surface area contributed by atoms with Crippen LogP contribution in [0, 0.1) is 5.41 Å². The SMILES string of the molecule is CC1(C)Cc2cc(Br)ccc2SC1=O. The lowest BCUT2D eigenvalue weighted by Gasteiger charge is -2.28. The van der Waals surface area contributed by atoms with E-state index in [4.69, 9.17) is 0 Å². The molecule has 14 heavy (non-hydrogen) atoms. The van der Waals surface area contributed by atoms with Gasteiger partial charge in [0.25, 0.3) is 0 Å². The predicted molar refractivity (Wildman–Crippen MR) is 62.5 cm³/mol. The van der Waals surface area contributed by atoms with Gasteiger partial charge in [0.15, 0.2) is 5.12 Å². The zero-order valence-electron chi connectivity index (χ0n) is 8.13. The lowest BCUT2D eigenvalue weighted by Crippen LogP contribution is -2.27. The molecule has 1 aromatic rings. The highest BCUT2D eigenvalue weighted by molar-refractivity contribution is 9.10. The van der Waals surface area contributed by atoms with Crippen molar-refractivity contribution in [2.75, 3.05) is 0 Å². The fourth-order valence-corrected chi connectivity index (χ4v) is 2.93. The lowest BCUT2D eigenvalue weighted by atomic mass is 9.87. The first-order valence-corrected chi connectivity index (χ1v) is 6.11. The summed E-state index contributed by atoms with van der Waals surface area (Å²) in [7, 11) is 0. The Morgan fingerprint density at radius 2 is 2.14 bits per heavy atom. The van der Waals surface area contributed by atoms with E-state index < -0.39 is 0 Å². The number of halogens is 1. The van der Waals surface area contributed by atoms with Crippen LogP contribution in [0.1, 0.15) is 19.4 Å². The topological polar surface area (TPSA) is 17.1 Å². The van der Waals surface area contributed by atoms with Crippen LogP contribution in [0.2, 0.25) is 0 Å². The smallest absolute Gasteiger partial charge is 0.199 e. The van der Waals surface area contributed by atoms with Crippen LogP contribution in [0.25, 0.3) is 0 Å². The second kappa shape index (κ2) is 3.38. The molecule has 1 aromatic carbocycles. The van der Waals surface area contributed by atoms with E-state index in [1.54, 1.807) is 0 Å². The average molecular weight is 271 g/mol. The molecule has 1 heterocycles. The summed E-state index contributed by atoms with van der Waals surface area (Å²) in [5.74, 6) is 0. The van der Waals surface area contributed by atoms with Gasteiger partial charge in [-0.15, -0.1) is 0 Å². The van der Waals surface area contributed by atoms with Crippen molar-refractivity contribution < 1.29 is 4.79 Å². The molecule has 0 bridgehead atoms. The van der Waals surface area contributed by atoms with Crippen molar-refractivity contribution in [2.24, 2.45) is 5.41 Å². The van der Waals surface area contributed by atoms with E-state index in [0.29, 0.717) is 0 Å². The fourth-order valence-electron chi connectivity index (χ4n) is 1.57. The molecule has 0 atom stereocenters. The Kier molecular flexibility index (Phi) is 2.48. The highest BCUT2D eigenvalue weighted by atomic mass is 79.9. The number of carbonyl (C=O) groups is 1. The summed E-state index contributed by atoms with van der Waals surface area (Å²) < 4.78 is 1.09. The van der Waals surface area contributed by atoms with Crippen molar-refractivity contribution in [3.63, 3.8) is 0 Å². The molecule has 0 spiro atoms. The second-order valence-corrected chi connectivity index (χ2v) is 6.13. The van der Waals surface area contributed by atoms with E-state index in [-0.39, 0.29) is 10.5 Å². The maximum Gasteiger partial charge on any atom is 0.199 e. The van der Waals surface area contributed by atoms with Crippen LogP contribution in [0.4, 0.5) is 0 Å². The highest BCUT2D eigenvalue weighted by Gasteiger charge is 2.34. The van der Waals surface area contributed by atoms with Crippen LogP contribution in [0.5, 0.6) is 0 Å². The first-order valence-electron chi connectivity index (χ1n) is 4.50. The Labute approximate surface area is 96.4 Å². The number of hydrogen-bond donors (Lipinski definition) is 0. The molecule has 74 valence electrons. The Balaban J connectivity index is 2.46. The van der Waals surface area contributed by atoms with Crippen LogP contribution >= 0.6 is 27.7 Å². The second-order valence-electron chi connectivity index (χ2n) is 4.20. The first-order chi connectivity index (χ1) is 6.49. The Morgan fingerprint density at radius 3 is 2.86 bits per heavy atom. The Hall–Kier alpha value is -0.280. The normalized spacial score (nSPS) is 19.2. The summed E-state index contributed by atoms with van der Waals surface area (Å²) in [5, 5.41) is 0.271. The lowest BCUT2D eigenvalue weighted by molar-refractivity contribution is -0.118. The van der Waals surface area contributed by atoms with Crippen LogP contribution in [0.15, 0.2) is 27.6 Å². The summed E-state index contributed by atoms with van der Waals surface area (Å²) in [6.07, 6.45) is 0.841. The molecule has 0 saturated carbocycles. The van der Waals surface area contributed by atoms with Gasteiger partial charge in [-0.2, -0.15) is 0 Å². The third kappa shape index (κ3) is 1.75. The quantitative estimate of drug-likeness (QED) is 0.716. The van der Waals surface area contributed by atoms with Gasteiger partial charge in [0.05, 0.1) is 0 Å². The van der Waals surface area contributed by atoms with Crippen LogP contribution in [-0.4, -0.2) is 5.12 Å². The van der Waals surface area contributed by atoms with Crippen molar-refractivity contribution in [1.29, 1.82) is 0 Å². The van der Waals surface area contributed by atoms with Gasteiger partial charge in [-0.25, -0.2) is 0 Å². The third-order valence-electron chi connectivity index (χ3n) is 2.41. The van der Waals surface area contributed by atoms with Gasteiger partial charge in [-0.1, -0.05) is 41.5 Å². The standard InChI is InChI=1S/C11H11BrOS/c1-11(2)6-7-5-8(12)3-4-9(7)14-10(11)13/h3-5H,6H2,1-2H3. The predicted octanol–water partition coefficient (Wildman–Crippen LogP) is 3.65. The van der Waals surface area contributed by atoms with Crippen molar-refractivity contribution in [3.05, 3.63) is 28.2 Å². The number of carbonyl (C=O) groups excluding carboxylic acids is 1. The molecule has 0 radical (unpaired) electrons. The molecule has 0 N–H and O–H groups in total. The van der Waals surface area contributed by atoms with Gasteiger partial charge < -0.3 is 0 Å². The molecular formula is C11H11BrOS. The first kappa shape index (κ1) is 10.2. The van der Waals surface area contributed by atoms with E-state index in [0.717, 1.165) is 15.8 Å².